The third-order valence-corrected chi connectivity index (χ3v) is 4.94. The van der Waals surface area contributed by atoms with Gasteiger partial charge in [0.05, 0.1) is 18.7 Å². The van der Waals surface area contributed by atoms with Crippen molar-refractivity contribution >= 4 is 18.1 Å². The Bertz CT molecular complexity index is 712. The Balaban J connectivity index is 1.93. The maximum atomic E-state index is 12.8. The predicted octanol–water partition coefficient (Wildman–Crippen LogP) is 1.95. The van der Waals surface area contributed by atoms with Crippen LogP contribution in [0.5, 0.6) is 0 Å². The van der Waals surface area contributed by atoms with Crippen LogP contribution >= 0.6 is 0 Å². The fourth-order valence-electron chi connectivity index (χ4n) is 3.37. The average Bonchev–Trinajstić information content (AvgIpc) is 2.88. The largest absolute Gasteiger partial charge is 0.465 e. The number of likely N-dealkylation sites (tertiary alicyclic amines) is 1. The number of rotatable bonds is 7. The first-order chi connectivity index (χ1) is 14.3. The highest BCUT2D eigenvalue weighted by atomic mass is 16.5. The van der Waals surface area contributed by atoms with Gasteiger partial charge in [-0.3, -0.25) is 4.79 Å². The van der Waals surface area contributed by atoms with Gasteiger partial charge in [-0.1, -0.05) is 44.2 Å². The van der Waals surface area contributed by atoms with Gasteiger partial charge in [0, 0.05) is 6.54 Å². The summed E-state index contributed by atoms with van der Waals surface area (Å²) in [6.07, 6.45) is -1.44. The number of hydrogen-bond donors (Lipinski definition) is 4. The van der Waals surface area contributed by atoms with Gasteiger partial charge in [-0.25, -0.2) is 9.59 Å². The summed E-state index contributed by atoms with van der Waals surface area (Å²) in [4.78, 5) is 37.3. The minimum absolute atomic E-state index is 0.0678. The standard InChI is InChI=1S/C21H31N3O6/c1-14(2)11-17(23-20(27)30-13-15-7-4-3-5-8-15)19(26)22-16-9-6-10-24(21(28)29)12-18(16)25/h3-5,7-8,14,16-18,25H,6,9-13H2,1-2H3,(H,22,26)(H,23,27)(H,28,29). The van der Waals surface area contributed by atoms with E-state index in [4.69, 9.17) is 9.84 Å². The molecule has 166 valence electrons. The minimum Gasteiger partial charge on any atom is -0.465 e. The lowest BCUT2D eigenvalue weighted by Gasteiger charge is -2.26. The monoisotopic (exact) mass is 421 g/mol. The van der Waals surface area contributed by atoms with Crippen LogP contribution in [0.3, 0.4) is 0 Å². The number of alkyl carbamates (subject to hydrolysis) is 1. The van der Waals surface area contributed by atoms with Crippen molar-refractivity contribution in [1.29, 1.82) is 0 Å². The summed E-state index contributed by atoms with van der Waals surface area (Å²) in [5, 5.41) is 24.9. The van der Waals surface area contributed by atoms with E-state index in [-0.39, 0.29) is 19.1 Å². The van der Waals surface area contributed by atoms with Crippen molar-refractivity contribution in [2.75, 3.05) is 13.1 Å². The molecule has 30 heavy (non-hydrogen) atoms. The average molecular weight is 421 g/mol. The molecule has 0 aliphatic carbocycles. The number of nitrogens with one attached hydrogen (secondary N) is 2. The molecule has 3 unspecified atom stereocenters. The maximum Gasteiger partial charge on any atom is 0.408 e. The normalized spacial score (nSPS) is 20.2. The number of carboxylic acid groups (broad SMARTS) is 1. The van der Waals surface area contributed by atoms with E-state index in [0.717, 1.165) is 10.5 Å². The highest BCUT2D eigenvalue weighted by Gasteiger charge is 2.31. The van der Waals surface area contributed by atoms with E-state index in [2.05, 4.69) is 10.6 Å². The van der Waals surface area contributed by atoms with Gasteiger partial charge in [0.25, 0.3) is 0 Å². The number of nitrogens with zero attached hydrogens (tertiary/aromatic N) is 1. The first-order valence-electron chi connectivity index (χ1n) is 10.2. The van der Waals surface area contributed by atoms with Gasteiger partial charge in [0.15, 0.2) is 0 Å². The van der Waals surface area contributed by atoms with Crippen LogP contribution in [-0.4, -0.2) is 64.5 Å². The molecular weight excluding hydrogens is 390 g/mol. The predicted molar refractivity (Wildman–Crippen MR) is 110 cm³/mol. The van der Waals surface area contributed by atoms with Crippen molar-refractivity contribution in [3.05, 3.63) is 35.9 Å². The summed E-state index contributed by atoms with van der Waals surface area (Å²) in [7, 11) is 0. The number of carbonyl (C=O) groups excluding carboxylic acids is 2. The van der Waals surface area contributed by atoms with E-state index in [1.165, 1.54) is 0 Å². The van der Waals surface area contributed by atoms with Gasteiger partial charge < -0.3 is 30.5 Å². The molecule has 0 saturated carbocycles. The zero-order chi connectivity index (χ0) is 22.1. The van der Waals surface area contributed by atoms with Gasteiger partial charge in [0.2, 0.25) is 5.91 Å². The Morgan fingerprint density at radius 1 is 1.23 bits per heavy atom. The second-order valence-electron chi connectivity index (χ2n) is 7.94. The fraction of sp³-hybridized carbons (Fsp3) is 0.571. The molecule has 1 aromatic rings. The first kappa shape index (κ1) is 23.5. The number of ether oxygens (including phenoxy) is 1. The molecule has 1 aliphatic rings. The van der Waals surface area contributed by atoms with Crippen molar-refractivity contribution in [3.63, 3.8) is 0 Å². The van der Waals surface area contributed by atoms with Crippen molar-refractivity contribution in [1.82, 2.24) is 15.5 Å². The second-order valence-corrected chi connectivity index (χ2v) is 7.94. The number of β-amino-alcohol motifs (C(OH)–C–C–N with tert-alkyl or cyclic N) is 1. The van der Waals surface area contributed by atoms with Gasteiger partial charge in [-0.2, -0.15) is 0 Å². The Morgan fingerprint density at radius 2 is 1.93 bits per heavy atom. The van der Waals surface area contributed by atoms with Crippen molar-refractivity contribution in [3.8, 4) is 0 Å². The Kier molecular flexibility index (Phi) is 8.91. The molecule has 1 fully saturated rings. The fourth-order valence-corrected chi connectivity index (χ4v) is 3.37. The number of hydrogen-bond acceptors (Lipinski definition) is 5. The number of aliphatic hydroxyl groups is 1. The molecule has 9 nitrogen and oxygen atoms in total. The third kappa shape index (κ3) is 7.55. The third-order valence-electron chi connectivity index (χ3n) is 4.94. The van der Waals surface area contributed by atoms with Crippen LogP contribution in [0.4, 0.5) is 9.59 Å². The molecule has 0 bridgehead atoms. The van der Waals surface area contributed by atoms with E-state index in [0.29, 0.717) is 25.8 Å². The molecule has 1 aromatic carbocycles. The summed E-state index contributed by atoms with van der Waals surface area (Å²) in [6, 6.07) is 7.81. The van der Waals surface area contributed by atoms with Crippen molar-refractivity contribution in [2.24, 2.45) is 5.92 Å². The van der Waals surface area contributed by atoms with Crippen molar-refractivity contribution in [2.45, 2.75) is 57.9 Å². The number of amides is 3. The second kappa shape index (κ2) is 11.4. The van der Waals surface area contributed by atoms with Crippen LogP contribution in [0.2, 0.25) is 0 Å². The SMILES string of the molecule is CC(C)CC(NC(=O)OCc1ccccc1)C(=O)NC1CCCN(C(=O)O)CC1O. The smallest absolute Gasteiger partial charge is 0.408 e. The molecule has 3 atom stereocenters. The molecule has 0 aromatic heterocycles. The Hall–Kier alpha value is -2.81. The quantitative estimate of drug-likeness (QED) is 0.533. The summed E-state index contributed by atoms with van der Waals surface area (Å²) in [6.45, 7) is 4.19. The van der Waals surface area contributed by atoms with E-state index in [1.807, 2.05) is 44.2 Å². The first-order valence-corrected chi connectivity index (χ1v) is 10.2. The summed E-state index contributed by atoms with van der Waals surface area (Å²) >= 11 is 0. The van der Waals surface area contributed by atoms with E-state index < -0.39 is 36.3 Å². The molecule has 0 radical (unpaired) electrons. The molecular formula is C21H31N3O6. The van der Waals surface area contributed by atoms with Crippen LogP contribution in [0, 0.1) is 5.92 Å². The summed E-state index contributed by atoms with van der Waals surface area (Å²) in [5.74, 6) is -0.287. The van der Waals surface area contributed by atoms with Crippen LogP contribution in [0.15, 0.2) is 30.3 Å². The lowest BCUT2D eigenvalue weighted by molar-refractivity contribution is -0.125. The van der Waals surface area contributed by atoms with Gasteiger partial charge >= 0.3 is 12.2 Å². The number of benzene rings is 1. The Labute approximate surface area is 176 Å². The van der Waals surface area contributed by atoms with E-state index >= 15 is 0 Å². The van der Waals surface area contributed by atoms with Crippen molar-refractivity contribution < 1.29 is 29.3 Å². The number of carbonyl (C=O) groups is 3. The van der Waals surface area contributed by atoms with Gasteiger partial charge in [-0.15, -0.1) is 0 Å². The lowest BCUT2D eigenvalue weighted by Crippen LogP contribution is -2.54. The molecule has 4 N–H and O–H groups in total. The molecule has 3 amide bonds. The zero-order valence-electron chi connectivity index (χ0n) is 17.4. The molecule has 1 aliphatic heterocycles. The molecule has 1 heterocycles. The van der Waals surface area contributed by atoms with E-state index in [9.17, 15) is 19.5 Å². The Morgan fingerprint density at radius 3 is 2.57 bits per heavy atom. The minimum atomic E-state index is -1.10. The highest BCUT2D eigenvalue weighted by Crippen LogP contribution is 2.14. The van der Waals surface area contributed by atoms with Crippen LogP contribution in [0.25, 0.3) is 0 Å². The molecule has 0 spiro atoms. The molecule has 9 heteroatoms. The van der Waals surface area contributed by atoms with Crippen LogP contribution in [0.1, 0.15) is 38.7 Å². The van der Waals surface area contributed by atoms with Gasteiger partial charge in [-0.05, 0) is 30.7 Å². The highest BCUT2D eigenvalue weighted by molar-refractivity contribution is 5.85. The summed E-state index contributed by atoms with van der Waals surface area (Å²) < 4.78 is 5.21. The zero-order valence-corrected chi connectivity index (χ0v) is 17.4. The lowest BCUT2D eigenvalue weighted by atomic mass is 10.0. The van der Waals surface area contributed by atoms with Gasteiger partial charge in [0.1, 0.15) is 12.6 Å². The summed E-state index contributed by atoms with van der Waals surface area (Å²) in [5.41, 5.74) is 0.835. The topological polar surface area (TPSA) is 128 Å². The maximum absolute atomic E-state index is 12.8. The van der Waals surface area contributed by atoms with Crippen LogP contribution < -0.4 is 10.6 Å². The molecule has 1 saturated heterocycles. The molecule has 2 rings (SSSR count). The number of aliphatic hydroxyl groups excluding tert-OH is 1. The van der Waals surface area contributed by atoms with E-state index in [1.54, 1.807) is 0 Å². The van der Waals surface area contributed by atoms with Crippen LogP contribution in [-0.2, 0) is 16.1 Å².